The first-order valence-electron chi connectivity index (χ1n) is 7.05. The largest absolute Gasteiger partial charge is 0.355 e. The molecule has 1 aliphatic heterocycles. The van der Waals surface area contributed by atoms with Gasteiger partial charge in [0, 0.05) is 25.2 Å². The zero-order valence-corrected chi connectivity index (χ0v) is 12.4. The highest BCUT2D eigenvalue weighted by atomic mass is 19.3. The van der Waals surface area contributed by atoms with E-state index in [0.29, 0.717) is 5.82 Å². The SMILES string of the molecule is CN1CCn2nc(NC(=O)NCc3cc(C(F)F)on3)cc2C1. The third-order valence-corrected chi connectivity index (χ3v) is 3.45. The summed E-state index contributed by atoms with van der Waals surface area (Å²) in [5.41, 5.74) is 1.24. The van der Waals surface area contributed by atoms with Gasteiger partial charge in [-0.05, 0) is 7.05 Å². The molecule has 0 radical (unpaired) electrons. The van der Waals surface area contributed by atoms with Gasteiger partial charge >= 0.3 is 6.03 Å². The molecule has 10 heteroatoms. The molecule has 8 nitrogen and oxygen atoms in total. The van der Waals surface area contributed by atoms with Crippen LogP contribution in [0.5, 0.6) is 0 Å². The molecule has 0 aromatic carbocycles. The van der Waals surface area contributed by atoms with Crippen LogP contribution in [0.3, 0.4) is 0 Å². The highest BCUT2D eigenvalue weighted by Gasteiger charge is 2.17. The van der Waals surface area contributed by atoms with Crippen molar-refractivity contribution >= 4 is 11.8 Å². The van der Waals surface area contributed by atoms with Gasteiger partial charge in [-0.3, -0.25) is 14.9 Å². The molecule has 0 bridgehead atoms. The average Bonchev–Trinajstić information content (AvgIpc) is 3.10. The summed E-state index contributed by atoms with van der Waals surface area (Å²) >= 11 is 0. The summed E-state index contributed by atoms with van der Waals surface area (Å²) in [6.07, 6.45) is -2.72. The van der Waals surface area contributed by atoms with Crippen LogP contribution in [-0.4, -0.2) is 39.5 Å². The molecule has 1 aliphatic rings. The number of halogens is 2. The van der Waals surface area contributed by atoms with Crippen molar-refractivity contribution in [2.45, 2.75) is 26.1 Å². The van der Waals surface area contributed by atoms with E-state index in [1.807, 2.05) is 11.7 Å². The number of hydrogen-bond donors (Lipinski definition) is 2. The molecule has 0 atom stereocenters. The number of alkyl halides is 2. The van der Waals surface area contributed by atoms with Gasteiger partial charge in [0.1, 0.15) is 5.69 Å². The highest BCUT2D eigenvalue weighted by molar-refractivity contribution is 5.88. The van der Waals surface area contributed by atoms with Gasteiger partial charge in [0.2, 0.25) is 5.76 Å². The number of anilines is 1. The average molecular weight is 326 g/mol. The van der Waals surface area contributed by atoms with Gasteiger partial charge in [0.15, 0.2) is 5.82 Å². The summed E-state index contributed by atoms with van der Waals surface area (Å²) in [5.74, 6) is -0.0747. The van der Waals surface area contributed by atoms with E-state index in [0.717, 1.165) is 31.4 Å². The second-order valence-electron chi connectivity index (χ2n) is 5.31. The van der Waals surface area contributed by atoms with E-state index >= 15 is 0 Å². The van der Waals surface area contributed by atoms with Gasteiger partial charge in [0.25, 0.3) is 6.43 Å². The molecular weight excluding hydrogens is 310 g/mol. The molecule has 0 spiro atoms. The quantitative estimate of drug-likeness (QED) is 0.890. The number of nitrogens with zero attached hydrogens (tertiary/aromatic N) is 4. The lowest BCUT2D eigenvalue weighted by molar-refractivity contribution is 0.112. The maximum atomic E-state index is 12.4. The summed E-state index contributed by atoms with van der Waals surface area (Å²) in [5, 5.41) is 12.9. The fraction of sp³-hybridized carbons (Fsp3) is 0.462. The minimum absolute atomic E-state index is 0.0155. The summed E-state index contributed by atoms with van der Waals surface area (Å²) in [6.45, 7) is 2.42. The Balaban J connectivity index is 1.53. The number of carbonyl (C=O) groups excluding carboxylic acids is 1. The number of fused-ring (bicyclic) bond motifs is 1. The Morgan fingerprint density at radius 1 is 1.43 bits per heavy atom. The topological polar surface area (TPSA) is 88.2 Å². The highest BCUT2D eigenvalue weighted by Crippen LogP contribution is 2.19. The molecule has 2 aromatic rings. The van der Waals surface area contributed by atoms with Crippen molar-refractivity contribution in [3.05, 3.63) is 29.3 Å². The Bertz CT molecular complexity index is 698. The number of urea groups is 1. The molecule has 124 valence electrons. The zero-order chi connectivity index (χ0) is 16.4. The lowest BCUT2D eigenvalue weighted by Crippen LogP contribution is -2.30. The number of carbonyl (C=O) groups is 1. The van der Waals surface area contributed by atoms with Crippen LogP contribution in [0.1, 0.15) is 23.6 Å². The van der Waals surface area contributed by atoms with Crippen LogP contribution in [0.25, 0.3) is 0 Å². The maximum Gasteiger partial charge on any atom is 0.320 e. The third kappa shape index (κ3) is 3.65. The van der Waals surface area contributed by atoms with E-state index in [2.05, 4.69) is 30.3 Å². The third-order valence-electron chi connectivity index (χ3n) is 3.45. The van der Waals surface area contributed by atoms with Crippen LogP contribution in [0, 0.1) is 0 Å². The summed E-state index contributed by atoms with van der Waals surface area (Å²) in [6, 6.07) is 2.42. The summed E-state index contributed by atoms with van der Waals surface area (Å²) in [4.78, 5) is 14.0. The molecule has 0 saturated carbocycles. The van der Waals surface area contributed by atoms with Crippen molar-refractivity contribution < 1.29 is 18.1 Å². The first-order chi connectivity index (χ1) is 11.0. The number of rotatable bonds is 4. The molecule has 0 saturated heterocycles. The van der Waals surface area contributed by atoms with Crippen molar-refractivity contribution in [3.8, 4) is 0 Å². The number of hydrogen-bond acceptors (Lipinski definition) is 5. The fourth-order valence-electron chi connectivity index (χ4n) is 2.30. The van der Waals surface area contributed by atoms with Crippen molar-refractivity contribution in [2.24, 2.45) is 0 Å². The van der Waals surface area contributed by atoms with E-state index in [9.17, 15) is 13.6 Å². The van der Waals surface area contributed by atoms with Gasteiger partial charge in [-0.2, -0.15) is 5.10 Å². The summed E-state index contributed by atoms with van der Waals surface area (Å²) < 4.78 is 31.0. The predicted molar refractivity (Wildman–Crippen MR) is 75.9 cm³/mol. The van der Waals surface area contributed by atoms with Crippen LogP contribution in [0.4, 0.5) is 19.4 Å². The van der Waals surface area contributed by atoms with Gasteiger partial charge < -0.3 is 9.84 Å². The van der Waals surface area contributed by atoms with Crippen molar-refractivity contribution in [3.63, 3.8) is 0 Å². The molecule has 23 heavy (non-hydrogen) atoms. The Kier molecular flexibility index (Phi) is 4.24. The Labute approximate surface area is 130 Å². The molecule has 2 amide bonds. The monoisotopic (exact) mass is 326 g/mol. The fourth-order valence-corrected chi connectivity index (χ4v) is 2.30. The van der Waals surface area contributed by atoms with Gasteiger partial charge in [0.05, 0.1) is 18.8 Å². The molecule has 0 fully saturated rings. The van der Waals surface area contributed by atoms with Crippen LogP contribution >= 0.6 is 0 Å². The number of amides is 2. The van der Waals surface area contributed by atoms with Crippen molar-refractivity contribution in [1.29, 1.82) is 0 Å². The molecular formula is C13H16F2N6O2. The zero-order valence-electron chi connectivity index (χ0n) is 12.4. The Morgan fingerprint density at radius 2 is 2.26 bits per heavy atom. The smallest absolute Gasteiger partial charge is 0.320 e. The van der Waals surface area contributed by atoms with Gasteiger partial charge in [-0.1, -0.05) is 5.16 Å². The number of nitrogens with one attached hydrogen (secondary N) is 2. The lowest BCUT2D eigenvalue weighted by Gasteiger charge is -2.22. The Hall–Kier alpha value is -2.49. The van der Waals surface area contributed by atoms with Crippen LogP contribution in [0.2, 0.25) is 0 Å². The Morgan fingerprint density at radius 3 is 3.00 bits per heavy atom. The molecule has 0 unspecified atom stereocenters. The molecule has 3 rings (SSSR count). The molecule has 2 N–H and O–H groups in total. The van der Waals surface area contributed by atoms with Crippen LogP contribution in [0.15, 0.2) is 16.7 Å². The summed E-state index contributed by atoms with van der Waals surface area (Å²) in [7, 11) is 2.02. The van der Waals surface area contributed by atoms with E-state index in [1.54, 1.807) is 6.07 Å². The molecule has 2 aromatic heterocycles. The first-order valence-corrected chi connectivity index (χ1v) is 7.05. The normalized spacial score (nSPS) is 14.8. The van der Waals surface area contributed by atoms with E-state index < -0.39 is 18.2 Å². The number of aromatic nitrogens is 3. The molecule has 0 aliphatic carbocycles. The lowest BCUT2D eigenvalue weighted by atomic mass is 10.3. The van der Waals surface area contributed by atoms with E-state index in [4.69, 9.17) is 0 Å². The first kappa shape index (κ1) is 15.4. The van der Waals surface area contributed by atoms with Crippen molar-refractivity contribution in [1.82, 2.24) is 25.2 Å². The minimum Gasteiger partial charge on any atom is -0.355 e. The van der Waals surface area contributed by atoms with E-state index in [1.165, 1.54) is 0 Å². The van der Waals surface area contributed by atoms with Crippen LogP contribution in [-0.2, 0) is 19.6 Å². The second-order valence-corrected chi connectivity index (χ2v) is 5.31. The second kappa shape index (κ2) is 6.32. The maximum absolute atomic E-state index is 12.4. The number of likely N-dealkylation sites (N-methyl/N-ethyl adjacent to an activating group) is 1. The van der Waals surface area contributed by atoms with Gasteiger partial charge in [-0.25, -0.2) is 13.6 Å². The van der Waals surface area contributed by atoms with E-state index in [-0.39, 0.29) is 12.2 Å². The molecule has 3 heterocycles. The van der Waals surface area contributed by atoms with Crippen LogP contribution < -0.4 is 10.6 Å². The predicted octanol–water partition coefficient (Wildman–Crippen LogP) is 1.58. The van der Waals surface area contributed by atoms with Gasteiger partial charge in [-0.15, -0.1) is 0 Å². The standard InChI is InChI=1S/C13H16F2N6O2/c1-20-2-3-21-9(7-20)5-11(18-21)17-13(22)16-6-8-4-10(12(14)15)23-19-8/h4-5,12H,2-3,6-7H2,1H3,(H2,16,17,18,22). The minimum atomic E-state index is -2.72. The van der Waals surface area contributed by atoms with Crippen molar-refractivity contribution in [2.75, 3.05) is 18.9 Å².